The molecule has 0 saturated heterocycles. The zero-order valence-corrected chi connectivity index (χ0v) is 15.1. The second kappa shape index (κ2) is 9.67. The topological polar surface area (TPSA) is 58.2 Å². The summed E-state index contributed by atoms with van der Waals surface area (Å²) < 4.78 is 0. The maximum atomic E-state index is 12.4. The molecule has 1 aliphatic carbocycles. The molecule has 1 aromatic carbocycles. The SMILES string of the molecule is CCCCCNC(=O)C1CCC(C(=O)Nc2ccccc2Cl)CC1. The minimum Gasteiger partial charge on any atom is -0.356 e. The van der Waals surface area contributed by atoms with Crippen molar-refractivity contribution >= 4 is 29.1 Å². The number of halogens is 1. The predicted molar refractivity (Wildman–Crippen MR) is 98.1 cm³/mol. The van der Waals surface area contributed by atoms with E-state index in [1.54, 1.807) is 12.1 Å². The van der Waals surface area contributed by atoms with Crippen LogP contribution in [0.5, 0.6) is 0 Å². The Labute approximate surface area is 149 Å². The van der Waals surface area contributed by atoms with E-state index in [0.717, 1.165) is 51.5 Å². The van der Waals surface area contributed by atoms with Crippen molar-refractivity contribution in [3.8, 4) is 0 Å². The third-order valence-corrected chi connectivity index (χ3v) is 5.01. The fraction of sp³-hybridized carbons (Fsp3) is 0.579. The monoisotopic (exact) mass is 350 g/mol. The van der Waals surface area contributed by atoms with Crippen molar-refractivity contribution in [1.82, 2.24) is 5.32 Å². The Morgan fingerprint density at radius 1 is 1.04 bits per heavy atom. The molecule has 1 aromatic rings. The maximum Gasteiger partial charge on any atom is 0.227 e. The van der Waals surface area contributed by atoms with Crippen molar-refractivity contribution in [3.63, 3.8) is 0 Å². The van der Waals surface area contributed by atoms with E-state index in [0.29, 0.717) is 10.7 Å². The highest BCUT2D eigenvalue weighted by Gasteiger charge is 2.29. The Hall–Kier alpha value is -1.55. The second-order valence-corrected chi connectivity index (χ2v) is 6.92. The largest absolute Gasteiger partial charge is 0.356 e. The Balaban J connectivity index is 1.75. The first-order chi connectivity index (χ1) is 11.6. The molecule has 0 unspecified atom stereocenters. The van der Waals surface area contributed by atoms with Crippen LogP contribution in [-0.4, -0.2) is 18.4 Å². The van der Waals surface area contributed by atoms with E-state index < -0.39 is 0 Å². The molecule has 0 atom stereocenters. The predicted octanol–water partition coefficient (Wildman–Crippen LogP) is 4.39. The molecule has 1 aliphatic rings. The van der Waals surface area contributed by atoms with Gasteiger partial charge in [-0.25, -0.2) is 0 Å². The number of para-hydroxylation sites is 1. The molecule has 24 heavy (non-hydrogen) atoms. The fourth-order valence-corrected chi connectivity index (χ4v) is 3.33. The number of unbranched alkanes of at least 4 members (excludes halogenated alkanes) is 2. The van der Waals surface area contributed by atoms with Gasteiger partial charge in [-0.15, -0.1) is 0 Å². The van der Waals surface area contributed by atoms with Crippen LogP contribution in [-0.2, 0) is 9.59 Å². The van der Waals surface area contributed by atoms with E-state index in [1.807, 2.05) is 12.1 Å². The van der Waals surface area contributed by atoms with Gasteiger partial charge in [0, 0.05) is 18.4 Å². The molecule has 2 N–H and O–H groups in total. The van der Waals surface area contributed by atoms with Crippen LogP contribution in [0.1, 0.15) is 51.9 Å². The number of nitrogens with one attached hydrogen (secondary N) is 2. The number of amides is 2. The number of rotatable bonds is 7. The van der Waals surface area contributed by atoms with Gasteiger partial charge in [0.1, 0.15) is 0 Å². The number of carbonyl (C=O) groups is 2. The van der Waals surface area contributed by atoms with Crippen LogP contribution in [0.3, 0.4) is 0 Å². The second-order valence-electron chi connectivity index (χ2n) is 6.52. The first-order valence-electron chi connectivity index (χ1n) is 8.95. The summed E-state index contributed by atoms with van der Waals surface area (Å²) in [5, 5.41) is 6.47. The van der Waals surface area contributed by atoms with Crippen molar-refractivity contribution in [2.45, 2.75) is 51.9 Å². The molecule has 0 heterocycles. The number of hydrogen-bond donors (Lipinski definition) is 2. The quantitative estimate of drug-likeness (QED) is 0.716. The van der Waals surface area contributed by atoms with Crippen molar-refractivity contribution in [2.75, 3.05) is 11.9 Å². The molecule has 0 radical (unpaired) electrons. The summed E-state index contributed by atoms with van der Waals surface area (Å²) in [5.41, 5.74) is 0.653. The van der Waals surface area contributed by atoms with Gasteiger partial charge in [0.25, 0.3) is 0 Å². The summed E-state index contributed by atoms with van der Waals surface area (Å²) >= 11 is 6.08. The van der Waals surface area contributed by atoms with Gasteiger partial charge in [-0.2, -0.15) is 0 Å². The highest BCUT2D eigenvalue weighted by atomic mass is 35.5. The zero-order valence-electron chi connectivity index (χ0n) is 14.3. The molecular formula is C19H27ClN2O2. The average molecular weight is 351 g/mol. The van der Waals surface area contributed by atoms with Gasteiger partial charge in [-0.05, 0) is 44.2 Å². The minimum atomic E-state index is -0.0367. The van der Waals surface area contributed by atoms with Crippen LogP contribution in [0, 0.1) is 11.8 Å². The average Bonchev–Trinajstić information content (AvgIpc) is 2.60. The molecule has 132 valence electrons. The maximum absolute atomic E-state index is 12.4. The lowest BCUT2D eigenvalue weighted by Gasteiger charge is -2.27. The molecule has 2 rings (SSSR count). The van der Waals surface area contributed by atoms with E-state index >= 15 is 0 Å². The standard InChI is InChI=1S/C19H27ClN2O2/c1-2-3-6-13-21-18(23)14-9-11-15(12-10-14)19(24)22-17-8-5-4-7-16(17)20/h4-5,7-8,14-15H,2-3,6,9-13H2,1H3,(H,21,23)(H,22,24). The van der Waals surface area contributed by atoms with Gasteiger partial charge < -0.3 is 10.6 Å². The number of hydrogen-bond acceptors (Lipinski definition) is 2. The third-order valence-electron chi connectivity index (χ3n) is 4.68. The highest BCUT2D eigenvalue weighted by molar-refractivity contribution is 6.33. The molecule has 0 spiro atoms. The molecule has 5 heteroatoms. The lowest BCUT2D eigenvalue weighted by atomic mass is 9.81. The normalized spacial score (nSPS) is 20.4. The number of carbonyl (C=O) groups excluding carboxylic acids is 2. The molecule has 0 aromatic heterocycles. The molecule has 1 fully saturated rings. The zero-order chi connectivity index (χ0) is 17.4. The molecule has 1 saturated carbocycles. The fourth-order valence-electron chi connectivity index (χ4n) is 3.15. The Kier molecular flexibility index (Phi) is 7.57. The van der Waals surface area contributed by atoms with Crippen LogP contribution < -0.4 is 10.6 Å². The first kappa shape index (κ1) is 18.8. The van der Waals surface area contributed by atoms with Gasteiger partial charge in [0.15, 0.2) is 0 Å². The molecular weight excluding hydrogens is 324 g/mol. The summed E-state index contributed by atoms with van der Waals surface area (Å²) in [7, 11) is 0. The van der Waals surface area contributed by atoms with Crippen molar-refractivity contribution in [2.24, 2.45) is 11.8 Å². The summed E-state index contributed by atoms with van der Waals surface area (Å²) in [6.07, 6.45) is 6.40. The third kappa shape index (κ3) is 5.52. The van der Waals surface area contributed by atoms with Gasteiger partial charge >= 0.3 is 0 Å². The lowest BCUT2D eigenvalue weighted by Crippen LogP contribution is -2.35. The van der Waals surface area contributed by atoms with E-state index in [9.17, 15) is 9.59 Å². The van der Waals surface area contributed by atoms with E-state index in [1.165, 1.54) is 0 Å². The Morgan fingerprint density at radius 3 is 2.29 bits per heavy atom. The molecule has 0 aliphatic heterocycles. The molecule has 4 nitrogen and oxygen atoms in total. The highest BCUT2D eigenvalue weighted by Crippen LogP contribution is 2.30. The van der Waals surface area contributed by atoms with Crippen LogP contribution >= 0.6 is 11.6 Å². The van der Waals surface area contributed by atoms with Gasteiger partial charge in [0.05, 0.1) is 10.7 Å². The summed E-state index contributed by atoms with van der Waals surface area (Å²) in [6, 6.07) is 7.25. The Bertz CT molecular complexity index is 554. The van der Waals surface area contributed by atoms with Crippen molar-refractivity contribution in [1.29, 1.82) is 0 Å². The molecule has 0 bridgehead atoms. The Morgan fingerprint density at radius 2 is 1.67 bits per heavy atom. The van der Waals surface area contributed by atoms with Crippen molar-refractivity contribution in [3.05, 3.63) is 29.3 Å². The van der Waals surface area contributed by atoms with E-state index in [2.05, 4.69) is 17.6 Å². The minimum absolute atomic E-state index is 0.00454. The van der Waals surface area contributed by atoms with Crippen molar-refractivity contribution < 1.29 is 9.59 Å². The first-order valence-corrected chi connectivity index (χ1v) is 9.32. The summed E-state index contributed by atoms with van der Waals surface area (Å²) in [5.74, 6) is 0.169. The number of anilines is 1. The van der Waals surface area contributed by atoms with Gasteiger partial charge in [0.2, 0.25) is 11.8 Å². The summed E-state index contributed by atoms with van der Waals surface area (Å²) in [4.78, 5) is 24.5. The van der Waals surface area contributed by atoms with Crippen LogP contribution in [0.4, 0.5) is 5.69 Å². The lowest BCUT2D eigenvalue weighted by molar-refractivity contribution is -0.128. The van der Waals surface area contributed by atoms with Gasteiger partial charge in [-0.1, -0.05) is 43.5 Å². The smallest absolute Gasteiger partial charge is 0.227 e. The van der Waals surface area contributed by atoms with Gasteiger partial charge in [-0.3, -0.25) is 9.59 Å². The van der Waals surface area contributed by atoms with Crippen LogP contribution in [0.25, 0.3) is 0 Å². The van der Waals surface area contributed by atoms with E-state index in [-0.39, 0.29) is 23.7 Å². The van der Waals surface area contributed by atoms with E-state index in [4.69, 9.17) is 11.6 Å². The molecule has 2 amide bonds. The van der Waals surface area contributed by atoms with Crippen LogP contribution in [0.15, 0.2) is 24.3 Å². The summed E-state index contributed by atoms with van der Waals surface area (Å²) in [6.45, 7) is 2.91. The number of benzene rings is 1. The van der Waals surface area contributed by atoms with Crippen LogP contribution in [0.2, 0.25) is 5.02 Å².